The Morgan fingerprint density at radius 2 is 2.43 bits per heavy atom. The minimum atomic E-state index is -0.298. The number of halogens is 1. The van der Waals surface area contributed by atoms with Crippen LogP contribution in [-0.2, 0) is 9.63 Å². The van der Waals surface area contributed by atoms with Gasteiger partial charge in [0.25, 0.3) is 0 Å². The van der Waals surface area contributed by atoms with Crippen LogP contribution in [0.25, 0.3) is 0 Å². The summed E-state index contributed by atoms with van der Waals surface area (Å²) in [5, 5.41) is 4.01. The number of hydrogen-bond donors (Lipinski definition) is 0. The van der Waals surface area contributed by atoms with Crippen LogP contribution in [0.15, 0.2) is 42.1 Å². The second-order valence-electron chi connectivity index (χ2n) is 4.92. The van der Waals surface area contributed by atoms with Gasteiger partial charge in [-0.05, 0) is 12.1 Å². The van der Waals surface area contributed by atoms with Gasteiger partial charge in [-0.15, -0.1) is 6.58 Å². The maximum absolute atomic E-state index is 13.2. The summed E-state index contributed by atoms with van der Waals surface area (Å²) in [6, 6.07) is 6.27. The third-order valence-corrected chi connectivity index (χ3v) is 3.32. The number of hydrogen-bond acceptors (Lipinski definition) is 3. The van der Waals surface area contributed by atoms with E-state index in [1.165, 1.54) is 12.1 Å². The number of nitrogens with zero attached hydrogens (tertiary/aromatic N) is 2. The average Bonchev–Trinajstić information content (AvgIpc) is 2.94. The normalized spacial score (nSPS) is 17.0. The maximum Gasteiger partial charge on any atom is 0.222 e. The standard InChI is InChI=1S/C16H19FN2O2/c1-3-8-19(16(20)4-2)11-14-10-15(18-21-14)12-6-5-7-13(17)9-12/h3,5-7,9,14H,1,4,8,10-11H2,2H3/t14-/m0/s1. The molecular formula is C16H19FN2O2. The molecule has 0 bridgehead atoms. The molecule has 0 fully saturated rings. The van der Waals surface area contributed by atoms with Gasteiger partial charge in [-0.3, -0.25) is 4.79 Å². The van der Waals surface area contributed by atoms with Crippen molar-refractivity contribution in [3.63, 3.8) is 0 Å². The van der Waals surface area contributed by atoms with E-state index in [4.69, 9.17) is 4.84 Å². The molecule has 1 aromatic rings. The van der Waals surface area contributed by atoms with Crippen molar-refractivity contribution in [2.45, 2.75) is 25.9 Å². The third-order valence-electron chi connectivity index (χ3n) is 3.32. The molecule has 1 aliphatic heterocycles. The summed E-state index contributed by atoms with van der Waals surface area (Å²) in [6.07, 6.45) is 2.50. The predicted molar refractivity (Wildman–Crippen MR) is 79.5 cm³/mol. The van der Waals surface area contributed by atoms with Crippen molar-refractivity contribution in [1.29, 1.82) is 0 Å². The topological polar surface area (TPSA) is 41.9 Å². The van der Waals surface area contributed by atoms with Crippen LogP contribution in [0, 0.1) is 5.82 Å². The molecule has 0 spiro atoms. The lowest BCUT2D eigenvalue weighted by Crippen LogP contribution is -2.37. The molecule has 0 N–H and O–H groups in total. The third kappa shape index (κ3) is 3.90. The number of amides is 1. The first-order chi connectivity index (χ1) is 10.1. The van der Waals surface area contributed by atoms with Crippen molar-refractivity contribution < 1.29 is 14.0 Å². The molecule has 1 aliphatic rings. The van der Waals surface area contributed by atoms with Crippen molar-refractivity contribution in [3.05, 3.63) is 48.3 Å². The highest BCUT2D eigenvalue weighted by Gasteiger charge is 2.25. The van der Waals surface area contributed by atoms with Gasteiger partial charge >= 0.3 is 0 Å². The van der Waals surface area contributed by atoms with Crippen LogP contribution >= 0.6 is 0 Å². The van der Waals surface area contributed by atoms with Crippen LogP contribution in [0.4, 0.5) is 4.39 Å². The highest BCUT2D eigenvalue weighted by atomic mass is 19.1. The molecule has 0 aliphatic carbocycles. The molecule has 21 heavy (non-hydrogen) atoms. The Balaban J connectivity index is 1.97. The zero-order valence-corrected chi connectivity index (χ0v) is 12.1. The van der Waals surface area contributed by atoms with Gasteiger partial charge < -0.3 is 9.74 Å². The van der Waals surface area contributed by atoms with Gasteiger partial charge in [-0.1, -0.05) is 30.3 Å². The first-order valence-corrected chi connectivity index (χ1v) is 7.01. The first kappa shape index (κ1) is 15.2. The van der Waals surface area contributed by atoms with Crippen LogP contribution in [0.2, 0.25) is 0 Å². The monoisotopic (exact) mass is 290 g/mol. The van der Waals surface area contributed by atoms with Gasteiger partial charge in [0.05, 0.1) is 12.3 Å². The van der Waals surface area contributed by atoms with E-state index in [1.54, 1.807) is 23.1 Å². The van der Waals surface area contributed by atoms with Gasteiger partial charge in [0.15, 0.2) is 6.10 Å². The molecule has 0 saturated carbocycles. The van der Waals surface area contributed by atoms with Crippen molar-refractivity contribution in [3.8, 4) is 0 Å². The van der Waals surface area contributed by atoms with Gasteiger partial charge in [0.1, 0.15) is 5.82 Å². The fourth-order valence-corrected chi connectivity index (χ4v) is 2.27. The van der Waals surface area contributed by atoms with Crippen LogP contribution in [-0.4, -0.2) is 35.7 Å². The molecule has 1 heterocycles. The summed E-state index contributed by atoms with van der Waals surface area (Å²) in [6.45, 7) is 6.43. The highest BCUT2D eigenvalue weighted by molar-refractivity contribution is 6.01. The molecule has 1 atom stereocenters. The van der Waals surface area contributed by atoms with Crippen LogP contribution < -0.4 is 0 Å². The first-order valence-electron chi connectivity index (χ1n) is 7.01. The molecule has 5 heteroatoms. The average molecular weight is 290 g/mol. The van der Waals surface area contributed by atoms with E-state index in [1.807, 2.05) is 6.92 Å². The zero-order chi connectivity index (χ0) is 15.2. The minimum Gasteiger partial charge on any atom is -0.390 e. The molecule has 0 unspecified atom stereocenters. The molecule has 112 valence electrons. The smallest absolute Gasteiger partial charge is 0.222 e. The fraction of sp³-hybridized carbons (Fsp3) is 0.375. The SMILES string of the molecule is C=CCN(C[C@@H]1CC(c2cccc(F)c2)=NO1)C(=O)CC. The quantitative estimate of drug-likeness (QED) is 0.756. The van der Waals surface area contributed by atoms with Crippen LogP contribution in [0.3, 0.4) is 0 Å². The van der Waals surface area contributed by atoms with Crippen molar-refractivity contribution in [2.75, 3.05) is 13.1 Å². The summed E-state index contributed by atoms with van der Waals surface area (Å²) >= 11 is 0. The molecule has 4 nitrogen and oxygen atoms in total. The van der Waals surface area contributed by atoms with Crippen molar-refractivity contribution in [2.24, 2.45) is 5.16 Å². The van der Waals surface area contributed by atoms with Gasteiger partial charge in [0, 0.05) is 24.9 Å². The molecule has 1 aromatic carbocycles. The van der Waals surface area contributed by atoms with Crippen molar-refractivity contribution in [1.82, 2.24) is 4.90 Å². The second-order valence-corrected chi connectivity index (χ2v) is 4.92. The molecule has 0 aromatic heterocycles. The number of oxime groups is 1. The van der Waals surface area contributed by atoms with E-state index in [2.05, 4.69) is 11.7 Å². The van der Waals surface area contributed by atoms with E-state index < -0.39 is 0 Å². The predicted octanol–water partition coefficient (Wildman–Crippen LogP) is 2.74. The Hall–Kier alpha value is -2.17. The van der Waals surface area contributed by atoms with E-state index in [0.29, 0.717) is 31.6 Å². The Kier molecular flexibility index (Phi) is 5.09. The molecule has 2 rings (SSSR count). The Morgan fingerprint density at radius 1 is 1.62 bits per heavy atom. The minimum absolute atomic E-state index is 0.0534. The summed E-state index contributed by atoms with van der Waals surface area (Å²) in [4.78, 5) is 18.9. The number of benzene rings is 1. The maximum atomic E-state index is 13.2. The van der Waals surface area contributed by atoms with Gasteiger partial charge in [-0.2, -0.15) is 0 Å². The second kappa shape index (κ2) is 7.02. The Labute approximate surface area is 123 Å². The number of rotatable bonds is 6. The molecule has 0 radical (unpaired) electrons. The lowest BCUT2D eigenvalue weighted by Gasteiger charge is -2.22. The van der Waals surface area contributed by atoms with Crippen molar-refractivity contribution >= 4 is 11.6 Å². The lowest BCUT2D eigenvalue weighted by molar-refractivity contribution is -0.132. The van der Waals surface area contributed by atoms with E-state index in [-0.39, 0.29) is 17.8 Å². The summed E-state index contributed by atoms with van der Waals surface area (Å²) in [5.74, 6) is -0.245. The number of carbonyl (C=O) groups excluding carboxylic acids is 1. The van der Waals surface area contributed by atoms with Gasteiger partial charge in [-0.25, -0.2) is 4.39 Å². The lowest BCUT2D eigenvalue weighted by atomic mass is 10.0. The Bertz CT molecular complexity index is 557. The van der Waals surface area contributed by atoms with Gasteiger partial charge in [0.2, 0.25) is 5.91 Å². The summed E-state index contributed by atoms with van der Waals surface area (Å²) in [7, 11) is 0. The summed E-state index contributed by atoms with van der Waals surface area (Å²) in [5.41, 5.74) is 1.43. The zero-order valence-electron chi connectivity index (χ0n) is 12.1. The molecule has 0 saturated heterocycles. The number of carbonyl (C=O) groups is 1. The van der Waals surface area contributed by atoms with Crippen LogP contribution in [0.1, 0.15) is 25.3 Å². The van der Waals surface area contributed by atoms with Crippen LogP contribution in [0.5, 0.6) is 0 Å². The molecule has 1 amide bonds. The van der Waals surface area contributed by atoms with E-state index >= 15 is 0 Å². The van der Waals surface area contributed by atoms with E-state index in [0.717, 1.165) is 5.56 Å². The highest BCUT2D eigenvalue weighted by Crippen LogP contribution is 2.18. The summed E-state index contributed by atoms with van der Waals surface area (Å²) < 4.78 is 13.2. The van der Waals surface area contributed by atoms with E-state index in [9.17, 15) is 9.18 Å². The Morgan fingerprint density at radius 3 is 3.10 bits per heavy atom. The fourth-order valence-electron chi connectivity index (χ4n) is 2.27. The molecular weight excluding hydrogens is 271 g/mol. The largest absolute Gasteiger partial charge is 0.390 e.